The molecule has 0 unspecified atom stereocenters. The smallest absolute Gasteiger partial charge is 0.131 e. The van der Waals surface area contributed by atoms with E-state index in [0.29, 0.717) is 0 Å². The number of nitrogens with zero attached hydrogens (tertiary/aromatic N) is 4. The summed E-state index contributed by atoms with van der Waals surface area (Å²) in [4.78, 5) is 6.44. The Hall–Kier alpha value is -1.01. The van der Waals surface area contributed by atoms with Gasteiger partial charge < -0.3 is 0 Å². The Balaban J connectivity index is 1.54. The highest BCUT2D eigenvalue weighted by Gasteiger charge is 2.19. The molecule has 1 aromatic heterocycles. The van der Waals surface area contributed by atoms with Crippen LogP contribution in [-0.4, -0.2) is 51.5 Å². The van der Waals surface area contributed by atoms with E-state index in [1.807, 2.05) is 25.7 Å². The van der Waals surface area contributed by atoms with E-state index in [0.717, 1.165) is 55.9 Å². The molecular weight excluding hydrogens is 364 g/mol. The summed E-state index contributed by atoms with van der Waals surface area (Å²) < 4.78 is 1.77. The maximum absolute atomic E-state index is 6.41. The van der Waals surface area contributed by atoms with Crippen LogP contribution in [0.3, 0.4) is 0 Å². The zero-order chi connectivity index (χ0) is 18.5. The summed E-state index contributed by atoms with van der Waals surface area (Å²) >= 11 is 8.31. The average Bonchev–Trinajstić information content (AvgIpc) is 2.79. The monoisotopic (exact) mass is 392 g/mol. The Morgan fingerprint density at radius 3 is 2.27 bits per heavy atom. The largest absolute Gasteiger partial charge is 0.298 e. The van der Waals surface area contributed by atoms with E-state index in [9.17, 15) is 0 Å². The number of thioether (sulfide) groups is 1. The summed E-state index contributed by atoms with van der Waals surface area (Å²) in [5.74, 6) is 1.13. The lowest BCUT2D eigenvalue weighted by Gasteiger charge is -2.22. The summed E-state index contributed by atoms with van der Waals surface area (Å²) in [6, 6.07) is 9.06. The van der Waals surface area contributed by atoms with Crippen LogP contribution in [0, 0.1) is 6.92 Å². The Labute approximate surface area is 166 Å². The average molecular weight is 393 g/mol. The second-order valence-corrected chi connectivity index (χ2v) is 8.66. The van der Waals surface area contributed by atoms with Crippen molar-refractivity contribution in [1.29, 1.82) is 0 Å². The first-order valence-corrected chi connectivity index (χ1v) is 10.8. The van der Waals surface area contributed by atoms with E-state index in [2.05, 4.69) is 46.1 Å². The molecule has 26 heavy (non-hydrogen) atoms. The van der Waals surface area contributed by atoms with E-state index in [1.165, 1.54) is 22.4 Å². The standard InChI is InChI=1S/C20H29ClN4S/c1-4-26-18-8-6-17(7-9-18)14-24-10-5-11-25(13-12-24)15-19-16(2)22-23(3)20(19)21/h6-9H,4-5,10-15H2,1-3H3. The number of hydrogen-bond acceptors (Lipinski definition) is 4. The maximum atomic E-state index is 6.41. The third-order valence-electron chi connectivity index (χ3n) is 4.97. The van der Waals surface area contributed by atoms with E-state index in [4.69, 9.17) is 11.6 Å². The molecule has 2 aromatic rings. The van der Waals surface area contributed by atoms with Crippen molar-refractivity contribution in [2.24, 2.45) is 7.05 Å². The zero-order valence-electron chi connectivity index (χ0n) is 16.0. The Bertz CT molecular complexity index is 713. The molecule has 0 atom stereocenters. The van der Waals surface area contributed by atoms with Crippen molar-refractivity contribution in [3.8, 4) is 0 Å². The summed E-state index contributed by atoms with van der Waals surface area (Å²) in [6.07, 6.45) is 1.20. The van der Waals surface area contributed by atoms with Crippen molar-refractivity contribution in [2.45, 2.75) is 38.3 Å². The van der Waals surface area contributed by atoms with Crippen LogP contribution in [0.2, 0.25) is 5.15 Å². The van der Waals surface area contributed by atoms with Crippen LogP contribution in [0.25, 0.3) is 0 Å². The summed E-state index contributed by atoms with van der Waals surface area (Å²) in [5.41, 5.74) is 3.63. The Kier molecular flexibility index (Phi) is 7.04. The van der Waals surface area contributed by atoms with Gasteiger partial charge in [0.1, 0.15) is 5.15 Å². The van der Waals surface area contributed by atoms with Crippen LogP contribution in [-0.2, 0) is 20.1 Å². The Morgan fingerprint density at radius 1 is 1.04 bits per heavy atom. The van der Waals surface area contributed by atoms with Gasteiger partial charge in [-0.15, -0.1) is 11.8 Å². The molecule has 0 bridgehead atoms. The van der Waals surface area contributed by atoms with Crippen LogP contribution in [0.4, 0.5) is 0 Å². The number of benzene rings is 1. The first kappa shape index (κ1) is 19.7. The molecule has 0 spiro atoms. The van der Waals surface area contributed by atoms with Crippen LogP contribution in [0.1, 0.15) is 30.2 Å². The number of hydrogen-bond donors (Lipinski definition) is 0. The highest BCUT2D eigenvalue weighted by atomic mass is 35.5. The molecule has 0 aliphatic carbocycles. The predicted octanol–water partition coefficient (Wildman–Crippen LogP) is 4.20. The molecule has 2 heterocycles. The molecule has 1 fully saturated rings. The minimum atomic E-state index is 0.772. The first-order chi connectivity index (χ1) is 12.6. The number of halogens is 1. The van der Waals surface area contributed by atoms with Gasteiger partial charge in [0.2, 0.25) is 0 Å². The van der Waals surface area contributed by atoms with Gasteiger partial charge in [0.25, 0.3) is 0 Å². The molecule has 6 heteroatoms. The molecule has 0 N–H and O–H groups in total. The molecule has 0 saturated carbocycles. The van der Waals surface area contributed by atoms with Crippen molar-refractivity contribution < 1.29 is 0 Å². The topological polar surface area (TPSA) is 24.3 Å². The van der Waals surface area contributed by atoms with Gasteiger partial charge in [-0.3, -0.25) is 14.5 Å². The van der Waals surface area contributed by atoms with Gasteiger partial charge in [-0.2, -0.15) is 5.10 Å². The van der Waals surface area contributed by atoms with Crippen molar-refractivity contribution in [1.82, 2.24) is 19.6 Å². The van der Waals surface area contributed by atoms with Gasteiger partial charge >= 0.3 is 0 Å². The predicted molar refractivity (Wildman–Crippen MR) is 111 cm³/mol. The number of aromatic nitrogens is 2. The third-order valence-corrected chi connectivity index (χ3v) is 6.34. The van der Waals surface area contributed by atoms with Crippen LogP contribution in [0.5, 0.6) is 0 Å². The SMILES string of the molecule is CCSc1ccc(CN2CCCN(Cc3c(C)nn(C)c3Cl)CC2)cc1. The van der Waals surface area contributed by atoms with E-state index in [-0.39, 0.29) is 0 Å². The van der Waals surface area contributed by atoms with Gasteiger partial charge in [-0.25, -0.2) is 0 Å². The fourth-order valence-electron chi connectivity index (χ4n) is 3.53. The third kappa shape index (κ3) is 5.03. The number of rotatable bonds is 6. The van der Waals surface area contributed by atoms with Crippen LogP contribution < -0.4 is 0 Å². The van der Waals surface area contributed by atoms with E-state index in [1.54, 1.807) is 4.68 Å². The summed E-state index contributed by atoms with van der Waals surface area (Å²) in [6.45, 7) is 10.6. The molecular formula is C20H29ClN4S. The maximum Gasteiger partial charge on any atom is 0.131 e. The lowest BCUT2D eigenvalue weighted by Crippen LogP contribution is -2.30. The molecule has 3 rings (SSSR count). The number of aryl methyl sites for hydroxylation is 2. The molecule has 142 valence electrons. The lowest BCUT2D eigenvalue weighted by molar-refractivity contribution is 0.247. The second-order valence-electron chi connectivity index (χ2n) is 6.96. The quantitative estimate of drug-likeness (QED) is 0.687. The molecule has 0 radical (unpaired) electrons. The van der Waals surface area contributed by atoms with E-state index < -0.39 is 0 Å². The zero-order valence-corrected chi connectivity index (χ0v) is 17.6. The Morgan fingerprint density at radius 2 is 1.69 bits per heavy atom. The highest BCUT2D eigenvalue weighted by molar-refractivity contribution is 7.99. The summed E-state index contributed by atoms with van der Waals surface area (Å²) in [7, 11) is 1.91. The van der Waals surface area contributed by atoms with Gasteiger partial charge in [-0.1, -0.05) is 30.7 Å². The molecule has 1 aromatic carbocycles. The second kappa shape index (κ2) is 9.27. The van der Waals surface area contributed by atoms with Crippen molar-refractivity contribution in [3.05, 3.63) is 46.2 Å². The fraction of sp³-hybridized carbons (Fsp3) is 0.550. The van der Waals surface area contributed by atoms with Crippen molar-refractivity contribution in [3.63, 3.8) is 0 Å². The fourth-order valence-corrected chi connectivity index (χ4v) is 4.43. The van der Waals surface area contributed by atoms with Gasteiger partial charge in [0, 0.05) is 43.7 Å². The van der Waals surface area contributed by atoms with Gasteiger partial charge in [0.15, 0.2) is 0 Å². The lowest BCUT2D eigenvalue weighted by atomic mass is 10.2. The van der Waals surface area contributed by atoms with Crippen molar-refractivity contribution >= 4 is 23.4 Å². The first-order valence-electron chi connectivity index (χ1n) is 9.41. The minimum absolute atomic E-state index is 0.772. The van der Waals surface area contributed by atoms with Crippen LogP contribution in [0.15, 0.2) is 29.2 Å². The molecule has 1 aliphatic heterocycles. The van der Waals surface area contributed by atoms with Crippen LogP contribution >= 0.6 is 23.4 Å². The normalized spacial score (nSPS) is 16.8. The highest BCUT2D eigenvalue weighted by Crippen LogP contribution is 2.22. The van der Waals surface area contributed by atoms with E-state index >= 15 is 0 Å². The van der Waals surface area contributed by atoms with Gasteiger partial charge in [0.05, 0.1) is 5.69 Å². The molecule has 1 saturated heterocycles. The molecule has 0 amide bonds. The van der Waals surface area contributed by atoms with Crippen molar-refractivity contribution in [2.75, 3.05) is 31.9 Å². The molecule has 4 nitrogen and oxygen atoms in total. The molecule has 1 aliphatic rings. The van der Waals surface area contributed by atoms with Gasteiger partial charge in [-0.05, 0) is 49.9 Å². The summed E-state index contributed by atoms with van der Waals surface area (Å²) in [5, 5.41) is 5.21. The minimum Gasteiger partial charge on any atom is -0.298 e.